The largest absolute Gasteiger partial charge is 0.387 e. The number of aromatic nitrogens is 1. The number of nitrogens with zero attached hydrogens (tertiary/aromatic N) is 2. The maximum absolute atomic E-state index is 10.9. The first kappa shape index (κ1) is 17.3. The predicted octanol–water partition coefficient (Wildman–Crippen LogP) is 3.33. The van der Waals surface area contributed by atoms with Gasteiger partial charge in [0.2, 0.25) is 0 Å². The van der Waals surface area contributed by atoms with Gasteiger partial charge in [-0.25, -0.2) is 0 Å². The quantitative estimate of drug-likeness (QED) is 0.742. The molecule has 136 valence electrons. The highest BCUT2D eigenvalue weighted by Crippen LogP contribution is 2.28. The Morgan fingerprint density at radius 3 is 2.35 bits per heavy atom. The maximum Gasteiger partial charge on any atom is 0.0940 e. The smallest absolute Gasteiger partial charge is 0.0940 e. The summed E-state index contributed by atoms with van der Waals surface area (Å²) in [6, 6.07) is 18.9. The summed E-state index contributed by atoms with van der Waals surface area (Å²) in [5.41, 5.74) is 4.59. The van der Waals surface area contributed by atoms with Gasteiger partial charge in [-0.1, -0.05) is 48.5 Å². The highest BCUT2D eigenvalue weighted by atomic mass is 16.3. The predicted molar refractivity (Wildman–Crippen MR) is 106 cm³/mol. The Hall–Kier alpha value is -2.14. The highest BCUT2D eigenvalue weighted by Gasteiger charge is 2.22. The van der Waals surface area contributed by atoms with Crippen molar-refractivity contribution in [3.8, 4) is 0 Å². The third kappa shape index (κ3) is 3.68. The number of aliphatic hydroxyl groups is 1. The summed E-state index contributed by atoms with van der Waals surface area (Å²) in [7, 11) is 0. The minimum Gasteiger partial charge on any atom is -0.387 e. The molecular formula is C22H27N3O. The lowest BCUT2D eigenvalue weighted by Gasteiger charge is -2.35. The van der Waals surface area contributed by atoms with Gasteiger partial charge >= 0.3 is 0 Å². The monoisotopic (exact) mass is 349 g/mol. The van der Waals surface area contributed by atoms with Gasteiger partial charge < -0.3 is 10.1 Å². The van der Waals surface area contributed by atoms with E-state index < -0.39 is 6.10 Å². The minimum absolute atomic E-state index is 0.452. The number of piperazine rings is 1. The van der Waals surface area contributed by atoms with Crippen molar-refractivity contribution in [1.82, 2.24) is 14.8 Å². The number of nitrogens with one attached hydrogen (secondary N) is 1. The second-order valence-corrected chi connectivity index (χ2v) is 7.29. The van der Waals surface area contributed by atoms with Crippen LogP contribution in [0.5, 0.6) is 0 Å². The Morgan fingerprint density at radius 2 is 1.58 bits per heavy atom. The van der Waals surface area contributed by atoms with E-state index in [4.69, 9.17) is 0 Å². The lowest BCUT2D eigenvalue weighted by atomic mass is 10.0. The van der Waals surface area contributed by atoms with Crippen LogP contribution in [0.4, 0.5) is 0 Å². The van der Waals surface area contributed by atoms with Crippen LogP contribution >= 0.6 is 0 Å². The number of β-amino-alcohol motifs (C(OH)–C–C–N with tert-alkyl or cyclic N) is 1. The van der Waals surface area contributed by atoms with Crippen LogP contribution in [-0.2, 0) is 6.54 Å². The number of fused-ring (bicyclic) bond motifs is 1. The number of aryl methyl sites for hydroxylation is 1. The third-order valence-corrected chi connectivity index (χ3v) is 5.42. The van der Waals surface area contributed by atoms with Crippen molar-refractivity contribution in [3.05, 3.63) is 71.4 Å². The van der Waals surface area contributed by atoms with Crippen molar-refractivity contribution in [1.29, 1.82) is 0 Å². The first-order chi connectivity index (χ1) is 12.7. The normalized spacial score (nSPS) is 17.6. The van der Waals surface area contributed by atoms with Gasteiger partial charge in [-0.3, -0.25) is 9.80 Å². The molecule has 0 radical (unpaired) electrons. The van der Waals surface area contributed by atoms with Crippen LogP contribution in [0.1, 0.15) is 22.9 Å². The number of H-pyrrole nitrogens is 1. The molecule has 0 spiro atoms. The molecule has 0 aliphatic carbocycles. The molecule has 3 aromatic rings. The maximum atomic E-state index is 10.9. The molecule has 1 fully saturated rings. The lowest BCUT2D eigenvalue weighted by Crippen LogP contribution is -2.47. The van der Waals surface area contributed by atoms with E-state index in [2.05, 4.69) is 64.2 Å². The first-order valence-electron chi connectivity index (χ1n) is 9.44. The van der Waals surface area contributed by atoms with E-state index in [1.807, 2.05) is 12.1 Å². The number of hydrogen-bond donors (Lipinski definition) is 2. The molecule has 0 unspecified atom stereocenters. The van der Waals surface area contributed by atoms with E-state index in [9.17, 15) is 5.11 Å². The SMILES string of the molecule is Cc1[nH]c2ccccc2c1[C@@H](O)CN1CCN(Cc2ccccc2)CC1. The molecule has 26 heavy (non-hydrogen) atoms. The Bertz CT molecular complexity index is 850. The van der Waals surface area contributed by atoms with Crippen molar-refractivity contribution < 1.29 is 5.11 Å². The molecule has 2 heterocycles. The van der Waals surface area contributed by atoms with E-state index in [1.165, 1.54) is 5.56 Å². The van der Waals surface area contributed by atoms with Crippen LogP contribution in [0.15, 0.2) is 54.6 Å². The highest BCUT2D eigenvalue weighted by molar-refractivity contribution is 5.84. The number of hydrogen-bond acceptors (Lipinski definition) is 3. The summed E-state index contributed by atoms with van der Waals surface area (Å²) in [6.45, 7) is 7.87. The van der Waals surface area contributed by atoms with Crippen LogP contribution < -0.4 is 0 Å². The van der Waals surface area contributed by atoms with Crippen LogP contribution in [0, 0.1) is 6.92 Å². The van der Waals surface area contributed by atoms with Gasteiger partial charge in [-0.15, -0.1) is 0 Å². The summed E-state index contributed by atoms with van der Waals surface area (Å²) < 4.78 is 0. The summed E-state index contributed by atoms with van der Waals surface area (Å²) in [5.74, 6) is 0. The zero-order valence-electron chi connectivity index (χ0n) is 15.4. The van der Waals surface area contributed by atoms with Gasteiger partial charge in [0.05, 0.1) is 6.10 Å². The van der Waals surface area contributed by atoms with E-state index >= 15 is 0 Å². The minimum atomic E-state index is -0.452. The average molecular weight is 349 g/mol. The summed E-state index contributed by atoms with van der Waals surface area (Å²) >= 11 is 0. The fraction of sp³-hybridized carbons (Fsp3) is 0.364. The molecule has 2 aromatic carbocycles. The van der Waals surface area contributed by atoms with Gasteiger partial charge in [0.15, 0.2) is 0 Å². The number of aromatic amines is 1. The number of aliphatic hydroxyl groups excluding tert-OH is 1. The van der Waals surface area contributed by atoms with Crippen molar-refractivity contribution in [3.63, 3.8) is 0 Å². The van der Waals surface area contributed by atoms with Gasteiger partial charge in [-0.2, -0.15) is 0 Å². The molecule has 2 N–H and O–H groups in total. The van der Waals surface area contributed by atoms with Crippen molar-refractivity contribution in [2.45, 2.75) is 19.6 Å². The van der Waals surface area contributed by atoms with Crippen LogP contribution in [0.3, 0.4) is 0 Å². The molecule has 4 nitrogen and oxygen atoms in total. The molecule has 1 saturated heterocycles. The zero-order chi connectivity index (χ0) is 17.9. The Morgan fingerprint density at radius 1 is 0.923 bits per heavy atom. The van der Waals surface area contributed by atoms with Crippen molar-refractivity contribution >= 4 is 10.9 Å². The second-order valence-electron chi connectivity index (χ2n) is 7.29. The number of rotatable bonds is 5. The van der Waals surface area contributed by atoms with Gasteiger partial charge in [0, 0.05) is 61.4 Å². The zero-order valence-corrected chi connectivity index (χ0v) is 15.4. The fourth-order valence-electron chi connectivity index (χ4n) is 4.04. The molecule has 0 bridgehead atoms. The van der Waals surface area contributed by atoms with Gasteiger partial charge in [-0.05, 0) is 18.6 Å². The molecule has 0 saturated carbocycles. The Kier molecular flexibility index (Phi) is 5.07. The third-order valence-electron chi connectivity index (χ3n) is 5.42. The molecule has 1 aliphatic heterocycles. The number of benzene rings is 2. The van der Waals surface area contributed by atoms with Crippen LogP contribution in [-0.4, -0.2) is 52.6 Å². The van der Waals surface area contributed by atoms with Crippen molar-refractivity contribution in [2.24, 2.45) is 0 Å². The van der Waals surface area contributed by atoms with E-state index in [0.717, 1.165) is 54.9 Å². The van der Waals surface area contributed by atoms with E-state index in [0.29, 0.717) is 6.54 Å². The van der Waals surface area contributed by atoms with E-state index in [-0.39, 0.29) is 0 Å². The molecular weight excluding hydrogens is 322 g/mol. The van der Waals surface area contributed by atoms with Gasteiger partial charge in [0.1, 0.15) is 0 Å². The van der Waals surface area contributed by atoms with Crippen molar-refractivity contribution in [2.75, 3.05) is 32.7 Å². The molecule has 0 amide bonds. The molecule has 1 aliphatic rings. The molecule has 4 heteroatoms. The summed E-state index contributed by atoms with van der Waals surface area (Å²) in [4.78, 5) is 8.27. The van der Waals surface area contributed by atoms with Gasteiger partial charge in [0.25, 0.3) is 0 Å². The lowest BCUT2D eigenvalue weighted by molar-refractivity contribution is 0.0704. The second kappa shape index (κ2) is 7.62. The Balaban J connectivity index is 1.36. The molecule has 4 rings (SSSR count). The molecule has 1 atom stereocenters. The first-order valence-corrected chi connectivity index (χ1v) is 9.44. The Labute approximate surface area is 155 Å². The van der Waals surface area contributed by atoms with Crippen LogP contribution in [0.2, 0.25) is 0 Å². The summed E-state index contributed by atoms with van der Waals surface area (Å²) in [5, 5.41) is 12.0. The van der Waals surface area contributed by atoms with Crippen LogP contribution in [0.25, 0.3) is 10.9 Å². The fourth-order valence-corrected chi connectivity index (χ4v) is 4.04. The molecule has 1 aromatic heterocycles. The summed E-state index contributed by atoms with van der Waals surface area (Å²) in [6.07, 6.45) is -0.452. The topological polar surface area (TPSA) is 42.5 Å². The average Bonchev–Trinajstić information content (AvgIpc) is 3.00. The van der Waals surface area contributed by atoms with E-state index in [1.54, 1.807) is 0 Å². The number of para-hydroxylation sites is 1. The standard InChI is InChI=1S/C22H27N3O/c1-17-22(19-9-5-6-10-20(19)23-17)21(26)16-25-13-11-24(12-14-25)15-18-7-3-2-4-8-18/h2-10,21,23,26H,11-16H2,1H3/t21-/m0/s1.